The highest BCUT2D eigenvalue weighted by Crippen LogP contribution is 2.66. The lowest BCUT2D eigenvalue weighted by molar-refractivity contribution is 0.443. The zero-order chi connectivity index (χ0) is 17.8. The minimum absolute atomic E-state index is 0.811. The highest BCUT2D eigenvalue weighted by Gasteiger charge is 2.33. The predicted octanol–water partition coefficient (Wildman–Crippen LogP) is 7.92. The summed E-state index contributed by atoms with van der Waals surface area (Å²) in [6.07, 6.45) is 16.7. The van der Waals surface area contributed by atoms with E-state index in [1.54, 1.807) is 15.4 Å². The van der Waals surface area contributed by atoms with Crippen LogP contribution in [0.2, 0.25) is 0 Å². The van der Waals surface area contributed by atoms with Crippen LogP contribution in [-0.4, -0.2) is 11.5 Å². The van der Waals surface area contributed by atoms with Gasteiger partial charge < -0.3 is 0 Å². The van der Waals surface area contributed by atoms with Crippen molar-refractivity contribution in [1.29, 1.82) is 0 Å². The highest BCUT2D eigenvalue weighted by atomic mass is 32.3. The maximum Gasteiger partial charge on any atom is -0.00360 e. The lowest BCUT2D eigenvalue weighted by Gasteiger charge is -2.46. The maximum absolute atomic E-state index is 2.59. The first-order chi connectivity index (χ1) is 12.8. The van der Waals surface area contributed by atoms with Gasteiger partial charge in [-0.15, -0.1) is 0 Å². The number of hydrogen-bond donors (Lipinski definition) is 0. The first-order valence-electron chi connectivity index (χ1n) is 10.7. The van der Waals surface area contributed by atoms with Crippen LogP contribution in [0.5, 0.6) is 0 Å². The Hall–Kier alpha value is -1.21. The van der Waals surface area contributed by atoms with E-state index in [-0.39, 0.29) is 0 Å². The van der Waals surface area contributed by atoms with Crippen LogP contribution in [0.3, 0.4) is 0 Å². The summed E-state index contributed by atoms with van der Waals surface area (Å²) < 4.78 is 0. The lowest BCUT2D eigenvalue weighted by Crippen LogP contribution is -2.21. The first kappa shape index (κ1) is 18.2. The van der Waals surface area contributed by atoms with Gasteiger partial charge in [-0.05, 0) is 82.7 Å². The van der Waals surface area contributed by atoms with Crippen molar-refractivity contribution in [1.82, 2.24) is 0 Å². The molecule has 0 aromatic heterocycles. The van der Waals surface area contributed by atoms with Gasteiger partial charge in [0.25, 0.3) is 0 Å². The molecule has 2 aliphatic carbocycles. The molecule has 140 valence electrons. The molecule has 0 spiro atoms. The molecule has 1 heteroatoms. The van der Waals surface area contributed by atoms with Gasteiger partial charge in [0.05, 0.1) is 0 Å². The molecule has 0 heterocycles. The van der Waals surface area contributed by atoms with Gasteiger partial charge in [-0.25, -0.2) is 0 Å². The molecular weight excluding hydrogens is 332 g/mol. The second-order valence-corrected chi connectivity index (χ2v) is 12.0. The SMILES string of the molecule is CS(c1ccccc1)(c1ccc(C2CCCCC2)cc1)C1CCCCC1. The van der Waals surface area contributed by atoms with Crippen LogP contribution in [0.15, 0.2) is 64.4 Å². The molecule has 4 rings (SSSR count). The zero-order valence-corrected chi connectivity index (χ0v) is 17.1. The van der Waals surface area contributed by atoms with Gasteiger partial charge in [0.15, 0.2) is 0 Å². The van der Waals surface area contributed by atoms with Crippen LogP contribution in [0.4, 0.5) is 0 Å². The lowest BCUT2D eigenvalue weighted by atomic mass is 9.84. The smallest absolute Gasteiger partial charge is 0.00360 e. The fourth-order valence-electron chi connectivity index (χ4n) is 5.22. The first-order valence-corrected chi connectivity index (χ1v) is 12.8. The Balaban J connectivity index is 1.67. The van der Waals surface area contributed by atoms with Gasteiger partial charge in [-0.1, -0.05) is 68.9 Å². The van der Waals surface area contributed by atoms with Crippen molar-refractivity contribution >= 4 is 10.0 Å². The molecule has 2 fully saturated rings. The van der Waals surface area contributed by atoms with Gasteiger partial charge >= 0.3 is 0 Å². The highest BCUT2D eigenvalue weighted by molar-refractivity contribution is 8.33. The third-order valence-corrected chi connectivity index (χ3v) is 11.2. The quantitative estimate of drug-likeness (QED) is 0.515. The van der Waals surface area contributed by atoms with Crippen LogP contribution in [0.1, 0.15) is 75.7 Å². The Morgan fingerprint density at radius 2 is 1.15 bits per heavy atom. The normalized spacial score (nSPS) is 23.3. The summed E-state index contributed by atoms with van der Waals surface area (Å²) in [6.45, 7) is 0. The van der Waals surface area contributed by atoms with Gasteiger partial charge in [0, 0.05) is 0 Å². The van der Waals surface area contributed by atoms with Crippen LogP contribution in [0, 0.1) is 0 Å². The molecule has 2 aromatic rings. The minimum Gasteiger partial charge on any atom is -0.188 e. The van der Waals surface area contributed by atoms with E-state index >= 15 is 0 Å². The average molecular weight is 367 g/mol. The maximum atomic E-state index is 2.59. The molecule has 0 bridgehead atoms. The summed E-state index contributed by atoms with van der Waals surface area (Å²) >= 11 is 0. The van der Waals surface area contributed by atoms with E-state index in [0.29, 0.717) is 0 Å². The van der Waals surface area contributed by atoms with Crippen LogP contribution >= 0.6 is 10.0 Å². The average Bonchev–Trinajstić information content (AvgIpc) is 2.75. The van der Waals surface area contributed by atoms with Crippen molar-refractivity contribution in [3.05, 3.63) is 60.2 Å². The van der Waals surface area contributed by atoms with Crippen molar-refractivity contribution in [3.8, 4) is 0 Å². The summed E-state index contributed by atoms with van der Waals surface area (Å²) in [6, 6.07) is 21.4. The largest absolute Gasteiger partial charge is 0.188 e. The van der Waals surface area contributed by atoms with Gasteiger partial charge in [-0.3, -0.25) is 0 Å². The summed E-state index contributed by atoms with van der Waals surface area (Å²) in [4.78, 5) is 3.19. The molecule has 0 nitrogen and oxygen atoms in total. The molecule has 0 radical (unpaired) electrons. The molecule has 2 saturated carbocycles. The molecule has 1 atom stereocenters. The van der Waals surface area contributed by atoms with E-state index in [1.807, 2.05) is 0 Å². The minimum atomic E-state index is -0.946. The Labute approximate surface area is 161 Å². The second kappa shape index (κ2) is 8.21. The molecule has 1 unspecified atom stereocenters. The predicted molar refractivity (Wildman–Crippen MR) is 116 cm³/mol. The van der Waals surface area contributed by atoms with Crippen LogP contribution in [-0.2, 0) is 0 Å². The van der Waals surface area contributed by atoms with Crippen LogP contribution in [0.25, 0.3) is 0 Å². The Bertz CT molecular complexity index is 678. The van der Waals surface area contributed by atoms with E-state index in [4.69, 9.17) is 0 Å². The molecule has 0 N–H and O–H groups in total. The molecular formula is C25H34S. The molecule has 26 heavy (non-hydrogen) atoms. The third kappa shape index (κ3) is 3.60. The molecule has 2 aliphatic rings. The van der Waals surface area contributed by atoms with E-state index in [0.717, 1.165) is 11.2 Å². The fourth-order valence-corrected chi connectivity index (χ4v) is 8.96. The van der Waals surface area contributed by atoms with Crippen LogP contribution < -0.4 is 0 Å². The van der Waals surface area contributed by atoms with Crippen molar-refractivity contribution in [3.63, 3.8) is 0 Å². The van der Waals surface area contributed by atoms with E-state index < -0.39 is 10.0 Å². The Morgan fingerprint density at radius 1 is 0.615 bits per heavy atom. The summed E-state index contributed by atoms with van der Waals surface area (Å²) in [5, 5.41) is 0.846. The third-order valence-electron chi connectivity index (χ3n) is 6.90. The summed E-state index contributed by atoms with van der Waals surface area (Å²) in [5.74, 6) is 0.811. The van der Waals surface area contributed by atoms with Crippen molar-refractivity contribution in [2.24, 2.45) is 0 Å². The summed E-state index contributed by atoms with van der Waals surface area (Å²) in [5.41, 5.74) is 1.59. The van der Waals surface area contributed by atoms with Crippen molar-refractivity contribution < 1.29 is 0 Å². The van der Waals surface area contributed by atoms with E-state index in [1.165, 1.54) is 64.2 Å². The molecule has 0 aliphatic heterocycles. The van der Waals surface area contributed by atoms with Crippen molar-refractivity contribution in [2.45, 2.75) is 85.2 Å². The summed E-state index contributed by atoms with van der Waals surface area (Å²) in [7, 11) is -0.946. The molecule has 2 aromatic carbocycles. The van der Waals surface area contributed by atoms with Gasteiger partial charge in [0.1, 0.15) is 0 Å². The van der Waals surface area contributed by atoms with Crippen molar-refractivity contribution in [2.75, 3.05) is 6.26 Å². The molecule has 0 saturated heterocycles. The number of rotatable bonds is 4. The topological polar surface area (TPSA) is 0 Å². The van der Waals surface area contributed by atoms with Gasteiger partial charge in [0.2, 0.25) is 0 Å². The Kier molecular flexibility index (Phi) is 5.74. The monoisotopic (exact) mass is 366 g/mol. The zero-order valence-electron chi connectivity index (χ0n) is 16.3. The number of benzene rings is 2. The standard InChI is InChI=1S/C25H34S/c1-26(23-13-7-3-8-14-23,24-15-9-4-10-16-24)25-19-17-22(18-20-25)21-11-5-2-6-12-21/h3,7-8,13-14,17-21,24H,2,4-6,9-12,15-16H2,1H3. The molecule has 0 amide bonds. The van der Waals surface area contributed by atoms with E-state index in [2.05, 4.69) is 60.9 Å². The second-order valence-electron chi connectivity index (χ2n) is 8.46. The number of hydrogen-bond acceptors (Lipinski definition) is 0. The fraction of sp³-hybridized carbons (Fsp3) is 0.520. The Morgan fingerprint density at radius 3 is 1.77 bits per heavy atom. The van der Waals surface area contributed by atoms with E-state index in [9.17, 15) is 0 Å². The van der Waals surface area contributed by atoms with Gasteiger partial charge in [-0.2, -0.15) is 10.0 Å².